The van der Waals surface area contributed by atoms with Gasteiger partial charge in [-0.1, -0.05) is 41.9 Å². The van der Waals surface area contributed by atoms with E-state index >= 15 is 0 Å². The summed E-state index contributed by atoms with van der Waals surface area (Å²) in [5.74, 6) is 1.70. The highest BCUT2D eigenvalue weighted by Gasteiger charge is 2.28. The molecule has 1 aliphatic heterocycles. The number of amides is 1. The lowest BCUT2D eigenvalue weighted by atomic mass is 10.1. The fourth-order valence-corrected chi connectivity index (χ4v) is 3.67. The molecule has 3 aromatic rings. The van der Waals surface area contributed by atoms with E-state index in [1.165, 1.54) is 10.5 Å². The van der Waals surface area contributed by atoms with Crippen LogP contribution in [0.15, 0.2) is 75.8 Å². The Morgan fingerprint density at radius 1 is 1.16 bits per heavy atom. The van der Waals surface area contributed by atoms with Crippen LogP contribution in [0.2, 0.25) is 5.02 Å². The zero-order chi connectivity index (χ0) is 21.8. The monoisotopic (exact) mass is 435 g/mol. The van der Waals surface area contributed by atoms with Crippen LogP contribution in [-0.4, -0.2) is 30.4 Å². The molecule has 158 valence electrons. The molecule has 1 aliphatic rings. The van der Waals surface area contributed by atoms with Gasteiger partial charge in [-0.15, -0.1) is 0 Å². The predicted molar refractivity (Wildman–Crippen MR) is 122 cm³/mol. The number of nitrogens with two attached hydrogens (primary N) is 1. The van der Waals surface area contributed by atoms with Crippen LogP contribution in [0.5, 0.6) is 5.75 Å². The summed E-state index contributed by atoms with van der Waals surface area (Å²) in [5, 5.41) is 0.491. The summed E-state index contributed by atoms with van der Waals surface area (Å²) in [6.45, 7) is 0.508. The highest BCUT2D eigenvalue weighted by Crippen LogP contribution is 2.31. The van der Waals surface area contributed by atoms with E-state index in [0.29, 0.717) is 28.8 Å². The first-order valence-corrected chi connectivity index (χ1v) is 10.3. The lowest BCUT2D eigenvalue weighted by Gasteiger charge is -2.14. The van der Waals surface area contributed by atoms with E-state index < -0.39 is 0 Å². The van der Waals surface area contributed by atoms with Crippen LogP contribution < -0.4 is 10.5 Å². The molecule has 6 nitrogen and oxygen atoms in total. The van der Waals surface area contributed by atoms with E-state index in [2.05, 4.69) is 17.1 Å². The van der Waals surface area contributed by atoms with Crippen molar-refractivity contribution in [1.29, 1.82) is 0 Å². The van der Waals surface area contributed by atoms with Crippen LogP contribution in [0.3, 0.4) is 0 Å². The molecule has 0 unspecified atom stereocenters. The quantitative estimate of drug-likeness (QED) is 0.543. The van der Waals surface area contributed by atoms with Gasteiger partial charge in [0.1, 0.15) is 23.0 Å². The second kappa shape index (κ2) is 9.10. The van der Waals surface area contributed by atoms with Crippen LogP contribution in [0.25, 0.3) is 17.4 Å². The summed E-state index contributed by atoms with van der Waals surface area (Å²) in [4.78, 5) is 18.5. The first kappa shape index (κ1) is 20.8. The van der Waals surface area contributed by atoms with E-state index in [9.17, 15) is 4.79 Å². The Balaban J connectivity index is 1.43. The van der Waals surface area contributed by atoms with Crippen LogP contribution in [0.1, 0.15) is 17.7 Å². The summed E-state index contributed by atoms with van der Waals surface area (Å²) < 4.78 is 11.0. The lowest BCUT2D eigenvalue weighted by Crippen LogP contribution is -2.38. The molecule has 0 spiro atoms. The van der Waals surface area contributed by atoms with E-state index in [1.807, 2.05) is 30.3 Å². The molecule has 0 atom stereocenters. The van der Waals surface area contributed by atoms with Crippen LogP contribution in [0, 0.1) is 0 Å². The average Bonchev–Trinajstić information content (AvgIpc) is 3.34. The molecule has 2 heterocycles. The smallest absolute Gasteiger partial charge is 0.279 e. The Bertz CT molecular complexity index is 1150. The standard InChI is InChI=1S/C24H22ClN3O3/c1-30-22-11-9-17(14-19(22)25)21-12-10-18(31-21)15-20-23(29)28(24(26)27-20)13-5-8-16-6-3-2-4-7-16/h2-4,6-7,9-12,14-15H,5,8,13H2,1H3,(H2,26,27). The Kier molecular flexibility index (Phi) is 6.09. The van der Waals surface area contributed by atoms with E-state index in [1.54, 1.807) is 31.4 Å². The molecule has 0 fully saturated rings. The van der Waals surface area contributed by atoms with E-state index in [0.717, 1.165) is 18.4 Å². The van der Waals surface area contributed by atoms with Gasteiger partial charge in [-0.05, 0) is 48.7 Å². The van der Waals surface area contributed by atoms with Gasteiger partial charge in [0, 0.05) is 18.2 Å². The number of carbonyl (C=O) groups is 1. The molecule has 31 heavy (non-hydrogen) atoms. The van der Waals surface area contributed by atoms with Gasteiger partial charge in [0.2, 0.25) is 5.96 Å². The molecule has 0 bridgehead atoms. The molecule has 2 aromatic carbocycles. The summed E-state index contributed by atoms with van der Waals surface area (Å²) in [6, 6.07) is 19.1. The molecule has 1 amide bonds. The highest BCUT2D eigenvalue weighted by atomic mass is 35.5. The van der Waals surface area contributed by atoms with E-state index in [-0.39, 0.29) is 17.6 Å². The number of carbonyl (C=O) groups excluding carboxylic acids is 1. The van der Waals surface area contributed by atoms with Gasteiger partial charge in [0.15, 0.2) is 0 Å². The third-order valence-electron chi connectivity index (χ3n) is 5.01. The molecular formula is C24H22ClN3O3. The summed E-state index contributed by atoms with van der Waals surface area (Å²) in [6.07, 6.45) is 3.26. The van der Waals surface area contributed by atoms with Crippen molar-refractivity contribution >= 4 is 29.5 Å². The van der Waals surface area contributed by atoms with Crippen molar-refractivity contribution < 1.29 is 13.9 Å². The number of hydrogen-bond acceptors (Lipinski definition) is 5. The van der Waals surface area contributed by atoms with Crippen molar-refractivity contribution in [2.24, 2.45) is 10.7 Å². The van der Waals surface area contributed by atoms with Crippen molar-refractivity contribution in [3.8, 4) is 17.1 Å². The minimum absolute atomic E-state index is 0.207. The molecule has 1 aromatic heterocycles. The van der Waals surface area contributed by atoms with Crippen molar-refractivity contribution in [2.45, 2.75) is 12.8 Å². The number of guanidine groups is 1. The molecule has 0 saturated carbocycles. The number of ether oxygens (including phenoxy) is 1. The van der Waals surface area contributed by atoms with Crippen molar-refractivity contribution in [2.75, 3.05) is 13.7 Å². The molecular weight excluding hydrogens is 414 g/mol. The SMILES string of the molecule is COc1ccc(-c2ccc(C=C3N=C(N)N(CCCc4ccccc4)C3=O)o2)cc1Cl. The number of hydrogen-bond donors (Lipinski definition) is 1. The van der Waals surface area contributed by atoms with Crippen molar-refractivity contribution in [3.05, 3.63) is 82.7 Å². The molecule has 0 aliphatic carbocycles. The first-order chi connectivity index (χ1) is 15.0. The van der Waals surface area contributed by atoms with Gasteiger partial charge in [0.05, 0.1) is 12.1 Å². The minimum Gasteiger partial charge on any atom is -0.495 e. The summed E-state index contributed by atoms with van der Waals surface area (Å²) in [7, 11) is 1.56. The topological polar surface area (TPSA) is 81.1 Å². The zero-order valence-corrected chi connectivity index (χ0v) is 17.8. The molecule has 4 rings (SSSR count). The number of methoxy groups -OCH3 is 1. The number of furan rings is 1. The van der Waals surface area contributed by atoms with E-state index in [4.69, 9.17) is 26.5 Å². The van der Waals surface area contributed by atoms with Crippen LogP contribution in [-0.2, 0) is 11.2 Å². The Morgan fingerprint density at radius 3 is 2.71 bits per heavy atom. The number of aliphatic imine (C=N–C) groups is 1. The molecule has 0 saturated heterocycles. The van der Waals surface area contributed by atoms with Gasteiger partial charge in [0.25, 0.3) is 5.91 Å². The Morgan fingerprint density at radius 2 is 1.97 bits per heavy atom. The average molecular weight is 436 g/mol. The van der Waals surface area contributed by atoms with Crippen molar-refractivity contribution in [1.82, 2.24) is 4.90 Å². The first-order valence-electron chi connectivity index (χ1n) is 9.90. The van der Waals surface area contributed by atoms with Gasteiger partial charge < -0.3 is 14.9 Å². The highest BCUT2D eigenvalue weighted by molar-refractivity contribution is 6.32. The number of rotatable bonds is 7. The van der Waals surface area contributed by atoms with Gasteiger partial charge in [-0.25, -0.2) is 4.99 Å². The fourth-order valence-electron chi connectivity index (χ4n) is 3.41. The second-order valence-corrected chi connectivity index (χ2v) is 7.50. The number of halogens is 1. The molecule has 7 heteroatoms. The fraction of sp³-hybridized carbons (Fsp3) is 0.167. The molecule has 2 N–H and O–H groups in total. The van der Waals surface area contributed by atoms with Crippen LogP contribution >= 0.6 is 11.6 Å². The second-order valence-electron chi connectivity index (χ2n) is 7.10. The normalized spacial score (nSPS) is 14.9. The Hall–Kier alpha value is -3.51. The van der Waals surface area contributed by atoms with Crippen molar-refractivity contribution in [3.63, 3.8) is 0 Å². The zero-order valence-electron chi connectivity index (χ0n) is 17.0. The van der Waals surface area contributed by atoms with Gasteiger partial charge in [-0.3, -0.25) is 9.69 Å². The maximum atomic E-state index is 12.7. The molecule has 0 radical (unpaired) electrons. The summed E-state index contributed by atoms with van der Waals surface area (Å²) in [5.41, 5.74) is 8.27. The van der Waals surface area contributed by atoms with Crippen LogP contribution in [0.4, 0.5) is 0 Å². The minimum atomic E-state index is -0.226. The maximum absolute atomic E-state index is 12.7. The third-order valence-corrected chi connectivity index (χ3v) is 5.30. The number of aryl methyl sites for hydroxylation is 1. The third kappa shape index (κ3) is 4.64. The Labute approximate surface area is 185 Å². The maximum Gasteiger partial charge on any atom is 0.279 e. The number of nitrogens with zero attached hydrogens (tertiary/aromatic N) is 2. The van der Waals surface area contributed by atoms with Gasteiger partial charge >= 0.3 is 0 Å². The van der Waals surface area contributed by atoms with Gasteiger partial charge in [-0.2, -0.15) is 0 Å². The summed E-state index contributed by atoms with van der Waals surface area (Å²) >= 11 is 6.20. The predicted octanol–water partition coefficient (Wildman–Crippen LogP) is 4.74. The lowest BCUT2D eigenvalue weighted by molar-refractivity contribution is -0.122. The largest absolute Gasteiger partial charge is 0.495 e. The number of benzene rings is 2.